The number of carboxylic acids is 1. The highest BCUT2D eigenvalue weighted by atomic mass is 16.5. The van der Waals surface area contributed by atoms with Gasteiger partial charge in [-0.2, -0.15) is 0 Å². The maximum atomic E-state index is 12.3. The van der Waals surface area contributed by atoms with Crippen LogP contribution in [0.2, 0.25) is 0 Å². The van der Waals surface area contributed by atoms with E-state index in [1.54, 1.807) is 44.2 Å². The van der Waals surface area contributed by atoms with Crippen LogP contribution in [0, 0.1) is 0 Å². The number of allylic oxidation sites excluding steroid dienone is 2. The minimum Gasteiger partial charge on any atom is -0.478 e. The molecule has 0 bridgehead atoms. The Bertz CT molecular complexity index is 598. The monoisotopic (exact) mass is 258 g/mol. The summed E-state index contributed by atoms with van der Waals surface area (Å²) in [5.41, 5.74) is 0.138. The number of hydrogen-bond donors (Lipinski definition) is 1. The number of carbonyl (C=O) groups excluding carboxylic acids is 1. The predicted octanol–water partition coefficient (Wildman–Crippen LogP) is 2.61. The Kier molecular flexibility index (Phi) is 3.25. The van der Waals surface area contributed by atoms with Crippen molar-refractivity contribution in [3.8, 4) is 5.75 Å². The van der Waals surface area contributed by atoms with Crippen LogP contribution < -0.4 is 4.74 Å². The Morgan fingerprint density at radius 2 is 2.00 bits per heavy atom. The molecule has 1 aromatic rings. The van der Waals surface area contributed by atoms with E-state index in [-0.39, 0.29) is 5.78 Å². The van der Waals surface area contributed by atoms with Crippen molar-refractivity contribution < 1.29 is 19.4 Å². The van der Waals surface area contributed by atoms with Crippen LogP contribution >= 0.6 is 0 Å². The van der Waals surface area contributed by atoms with Gasteiger partial charge in [-0.25, -0.2) is 4.79 Å². The number of carboxylic acid groups (broad SMARTS) is 1. The van der Waals surface area contributed by atoms with Gasteiger partial charge in [-0.1, -0.05) is 23.8 Å². The highest BCUT2D eigenvalue weighted by Gasteiger charge is 2.41. The molecule has 1 aromatic carbocycles. The number of ketones is 1. The van der Waals surface area contributed by atoms with Crippen LogP contribution in [0.25, 0.3) is 0 Å². The van der Waals surface area contributed by atoms with Crippen molar-refractivity contribution >= 4 is 11.8 Å². The lowest BCUT2D eigenvalue weighted by Crippen LogP contribution is -2.34. The van der Waals surface area contributed by atoms with Crippen molar-refractivity contribution in [3.63, 3.8) is 0 Å². The molecule has 0 fully saturated rings. The first kappa shape index (κ1) is 13.1. The highest BCUT2D eigenvalue weighted by Crippen LogP contribution is 2.36. The fourth-order valence-electron chi connectivity index (χ4n) is 2.07. The lowest BCUT2D eigenvalue weighted by atomic mass is 9.95. The zero-order chi connectivity index (χ0) is 14.0. The Hall–Kier alpha value is -2.36. The zero-order valence-electron chi connectivity index (χ0n) is 10.7. The molecule has 1 aliphatic rings. The van der Waals surface area contributed by atoms with Gasteiger partial charge in [-0.15, -0.1) is 0 Å². The quantitative estimate of drug-likeness (QED) is 0.668. The first-order valence-electron chi connectivity index (χ1n) is 5.86. The van der Waals surface area contributed by atoms with Crippen LogP contribution in [-0.2, 0) is 4.79 Å². The number of Topliss-reactive ketones (excluding diaryl/α,β-unsaturated/α-hetero) is 1. The van der Waals surface area contributed by atoms with E-state index in [1.165, 1.54) is 6.08 Å². The van der Waals surface area contributed by atoms with Crippen molar-refractivity contribution in [1.82, 2.24) is 0 Å². The second-order valence-corrected chi connectivity index (χ2v) is 4.59. The van der Waals surface area contributed by atoms with Gasteiger partial charge in [0.2, 0.25) is 5.78 Å². The van der Waals surface area contributed by atoms with E-state index < -0.39 is 11.6 Å². The Labute approximate surface area is 111 Å². The third kappa shape index (κ3) is 2.57. The molecule has 4 heteroatoms. The van der Waals surface area contributed by atoms with Crippen molar-refractivity contribution in [2.45, 2.75) is 19.4 Å². The van der Waals surface area contributed by atoms with Gasteiger partial charge in [0.15, 0.2) is 5.60 Å². The SMILES string of the molecule is CC(C=CC(=O)O)=CC1(C)Oc2ccccc2C1=O. The summed E-state index contributed by atoms with van der Waals surface area (Å²) in [6.45, 7) is 3.40. The number of ether oxygens (including phenoxy) is 1. The minimum atomic E-state index is -1.07. The highest BCUT2D eigenvalue weighted by molar-refractivity contribution is 6.08. The van der Waals surface area contributed by atoms with E-state index in [1.807, 2.05) is 0 Å². The van der Waals surface area contributed by atoms with E-state index in [0.717, 1.165) is 6.08 Å². The molecular weight excluding hydrogens is 244 g/mol. The number of fused-ring (bicyclic) bond motifs is 1. The molecule has 0 saturated heterocycles. The van der Waals surface area contributed by atoms with Crippen LogP contribution in [-0.4, -0.2) is 22.5 Å². The van der Waals surface area contributed by atoms with Crippen molar-refractivity contribution in [2.24, 2.45) is 0 Å². The molecule has 0 spiro atoms. The predicted molar refractivity (Wildman–Crippen MR) is 70.3 cm³/mol. The normalized spacial score (nSPS) is 22.4. The Balaban J connectivity index is 2.30. The molecule has 0 aliphatic carbocycles. The third-order valence-corrected chi connectivity index (χ3v) is 2.90. The van der Waals surface area contributed by atoms with Crippen molar-refractivity contribution in [3.05, 3.63) is 53.6 Å². The number of benzene rings is 1. The molecule has 1 unspecified atom stereocenters. The molecular formula is C15H14O4. The van der Waals surface area contributed by atoms with Crippen LogP contribution in [0.5, 0.6) is 5.75 Å². The molecule has 1 N–H and O–H groups in total. The summed E-state index contributed by atoms with van der Waals surface area (Å²) < 4.78 is 5.68. The molecule has 0 radical (unpaired) electrons. The number of carbonyl (C=O) groups is 2. The summed E-state index contributed by atoms with van der Waals surface area (Å²) in [7, 11) is 0. The fraction of sp³-hybridized carbons (Fsp3) is 0.200. The van der Waals surface area contributed by atoms with Gasteiger partial charge in [0.1, 0.15) is 5.75 Å². The average Bonchev–Trinajstić information content (AvgIpc) is 2.59. The average molecular weight is 258 g/mol. The number of hydrogen-bond acceptors (Lipinski definition) is 3. The zero-order valence-corrected chi connectivity index (χ0v) is 10.7. The summed E-state index contributed by atoms with van der Waals surface area (Å²) in [5.74, 6) is -0.590. The molecule has 19 heavy (non-hydrogen) atoms. The minimum absolute atomic E-state index is 0.119. The summed E-state index contributed by atoms with van der Waals surface area (Å²) >= 11 is 0. The van der Waals surface area contributed by atoms with Crippen LogP contribution in [0.15, 0.2) is 48.1 Å². The molecule has 0 aromatic heterocycles. The molecule has 2 rings (SSSR count). The number of rotatable bonds is 3. The summed E-state index contributed by atoms with van der Waals surface area (Å²) in [5, 5.41) is 8.57. The van der Waals surface area contributed by atoms with Gasteiger partial charge in [-0.05, 0) is 32.1 Å². The number of para-hydroxylation sites is 1. The largest absolute Gasteiger partial charge is 0.478 e. The summed E-state index contributed by atoms with van der Waals surface area (Å²) in [6.07, 6.45) is 4.10. The summed E-state index contributed by atoms with van der Waals surface area (Å²) in [6, 6.07) is 7.05. The van der Waals surface area contributed by atoms with E-state index in [2.05, 4.69) is 0 Å². The van der Waals surface area contributed by atoms with Gasteiger partial charge in [0.25, 0.3) is 0 Å². The first-order valence-corrected chi connectivity index (χ1v) is 5.86. The molecule has 4 nitrogen and oxygen atoms in total. The lowest BCUT2D eigenvalue weighted by Gasteiger charge is -2.18. The lowest BCUT2D eigenvalue weighted by molar-refractivity contribution is -0.131. The van der Waals surface area contributed by atoms with E-state index in [9.17, 15) is 9.59 Å². The van der Waals surface area contributed by atoms with Crippen molar-refractivity contribution in [2.75, 3.05) is 0 Å². The van der Waals surface area contributed by atoms with Crippen molar-refractivity contribution in [1.29, 1.82) is 0 Å². The third-order valence-electron chi connectivity index (χ3n) is 2.90. The standard InChI is InChI=1S/C15H14O4/c1-10(7-8-13(16)17)9-15(2)14(18)11-5-3-4-6-12(11)19-15/h3-9H,1-2H3,(H,16,17). The van der Waals surface area contributed by atoms with Gasteiger partial charge >= 0.3 is 5.97 Å². The Morgan fingerprint density at radius 3 is 2.63 bits per heavy atom. The second kappa shape index (κ2) is 4.72. The molecule has 1 atom stereocenters. The van der Waals surface area contributed by atoms with E-state index >= 15 is 0 Å². The fourth-order valence-corrected chi connectivity index (χ4v) is 2.07. The van der Waals surface area contributed by atoms with Gasteiger partial charge < -0.3 is 9.84 Å². The van der Waals surface area contributed by atoms with Gasteiger partial charge in [0, 0.05) is 6.08 Å². The van der Waals surface area contributed by atoms with Crippen LogP contribution in [0.3, 0.4) is 0 Å². The maximum Gasteiger partial charge on any atom is 0.328 e. The maximum absolute atomic E-state index is 12.3. The van der Waals surface area contributed by atoms with Gasteiger partial charge in [0.05, 0.1) is 5.56 Å². The molecule has 1 aliphatic heterocycles. The number of aliphatic carboxylic acids is 1. The molecule has 98 valence electrons. The summed E-state index contributed by atoms with van der Waals surface area (Å²) in [4.78, 5) is 22.7. The first-order chi connectivity index (χ1) is 8.92. The van der Waals surface area contributed by atoms with E-state index in [4.69, 9.17) is 9.84 Å². The van der Waals surface area contributed by atoms with E-state index in [0.29, 0.717) is 16.9 Å². The molecule has 0 amide bonds. The van der Waals surface area contributed by atoms with Crippen LogP contribution in [0.1, 0.15) is 24.2 Å². The second-order valence-electron chi connectivity index (χ2n) is 4.59. The molecule has 1 heterocycles. The van der Waals surface area contributed by atoms with Crippen LogP contribution in [0.4, 0.5) is 0 Å². The smallest absolute Gasteiger partial charge is 0.328 e. The molecule has 0 saturated carbocycles. The topological polar surface area (TPSA) is 63.6 Å². The van der Waals surface area contributed by atoms with Gasteiger partial charge in [-0.3, -0.25) is 4.79 Å². The Morgan fingerprint density at radius 1 is 1.32 bits per heavy atom.